The number of hydrogen-bond acceptors (Lipinski definition) is 4. The first-order valence-electron chi connectivity index (χ1n) is 8.02. The molecule has 3 rings (SSSR count). The number of carbonyl (C=O) groups is 1. The molecule has 1 saturated carbocycles. The van der Waals surface area contributed by atoms with Gasteiger partial charge < -0.3 is 9.73 Å². The molecule has 0 atom stereocenters. The lowest BCUT2D eigenvalue weighted by molar-refractivity contribution is -0.138. The van der Waals surface area contributed by atoms with Gasteiger partial charge in [0, 0.05) is 18.7 Å². The van der Waals surface area contributed by atoms with Crippen LogP contribution in [-0.4, -0.2) is 15.5 Å². The summed E-state index contributed by atoms with van der Waals surface area (Å²) >= 11 is 0. The summed E-state index contributed by atoms with van der Waals surface area (Å²) in [7, 11) is 0. The van der Waals surface area contributed by atoms with Gasteiger partial charge in [0.1, 0.15) is 17.6 Å². The summed E-state index contributed by atoms with van der Waals surface area (Å²) in [6.45, 7) is 1.25. The lowest BCUT2D eigenvalue weighted by Crippen LogP contribution is -2.34. The first-order chi connectivity index (χ1) is 12.2. The lowest BCUT2D eigenvalue weighted by atomic mass is 10.1. The van der Waals surface area contributed by atoms with E-state index in [0.717, 1.165) is 12.8 Å². The highest BCUT2D eigenvalue weighted by Gasteiger charge is 2.39. The average molecular weight is 371 g/mol. The summed E-state index contributed by atoms with van der Waals surface area (Å²) in [5, 5.41) is 2.30. The molecule has 0 unspecified atom stereocenters. The highest BCUT2D eigenvalue weighted by Crippen LogP contribution is 2.35. The first-order valence-corrected chi connectivity index (χ1v) is 8.02. The second-order valence-corrected chi connectivity index (χ2v) is 6.03. The largest absolute Gasteiger partial charge is 0.468 e. The number of carbonyl (C=O) groups excluding carboxylic acids is 1. The van der Waals surface area contributed by atoms with Gasteiger partial charge in [0.15, 0.2) is 0 Å². The molecule has 2 N–H and O–H groups in total. The number of halogens is 3. The van der Waals surface area contributed by atoms with Crippen molar-refractivity contribution in [3.8, 4) is 0 Å². The SMILES string of the molecule is CCc1occ(C(F)(F)F)c1C(=O)NCc1cn(C2CC2)c(=O)[nH]c1=O. The van der Waals surface area contributed by atoms with Crippen LogP contribution in [0.1, 0.15) is 53.1 Å². The minimum absolute atomic E-state index is 0.00574. The Bertz CT molecular complexity index is 951. The van der Waals surface area contributed by atoms with Crippen molar-refractivity contribution in [1.29, 1.82) is 0 Å². The maximum absolute atomic E-state index is 13.0. The van der Waals surface area contributed by atoms with Crippen LogP contribution < -0.4 is 16.6 Å². The molecule has 0 saturated heterocycles. The number of hydrogen-bond donors (Lipinski definition) is 2. The number of nitrogens with zero attached hydrogens (tertiary/aromatic N) is 1. The smallest absolute Gasteiger partial charge is 0.420 e. The summed E-state index contributed by atoms with van der Waals surface area (Å²) in [5.41, 5.74) is -2.91. The fourth-order valence-corrected chi connectivity index (χ4v) is 2.66. The predicted octanol–water partition coefficient (Wildman–Crippen LogP) is 1.98. The fraction of sp³-hybridized carbons (Fsp3) is 0.438. The Hall–Kier alpha value is -2.78. The van der Waals surface area contributed by atoms with Crippen molar-refractivity contribution in [1.82, 2.24) is 14.9 Å². The highest BCUT2D eigenvalue weighted by molar-refractivity contribution is 5.96. The van der Waals surface area contributed by atoms with Gasteiger partial charge in [0.25, 0.3) is 11.5 Å². The Morgan fingerprint density at radius 3 is 2.65 bits per heavy atom. The second kappa shape index (κ2) is 6.50. The number of H-pyrrole nitrogens is 1. The Labute approximate surface area is 144 Å². The maximum atomic E-state index is 13.0. The highest BCUT2D eigenvalue weighted by atomic mass is 19.4. The monoisotopic (exact) mass is 371 g/mol. The van der Waals surface area contributed by atoms with Gasteiger partial charge >= 0.3 is 11.9 Å². The molecule has 0 aromatic carbocycles. The number of amides is 1. The average Bonchev–Trinajstić information content (AvgIpc) is 3.29. The van der Waals surface area contributed by atoms with Crippen LogP contribution in [0.15, 0.2) is 26.5 Å². The predicted molar refractivity (Wildman–Crippen MR) is 83.9 cm³/mol. The van der Waals surface area contributed by atoms with Crippen molar-refractivity contribution in [3.05, 3.63) is 55.7 Å². The third-order valence-corrected chi connectivity index (χ3v) is 4.14. The molecule has 26 heavy (non-hydrogen) atoms. The number of rotatable bonds is 5. The summed E-state index contributed by atoms with van der Waals surface area (Å²) in [6.07, 6.45) is -1.18. The van der Waals surface area contributed by atoms with Gasteiger partial charge in [-0.15, -0.1) is 0 Å². The van der Waals surface area contributed by atoms with E-state index >= 15 is 0 Å². The molecule has 1 fully saturated rings. The third-order valence-electron chi connectivity index (χ3n) is 4.14. The molecule has 0 aliphatic heterocycles. The molecule has 1 amide bonds. The van der Waals surface area contributed by atoms with E-state index in [2.05, 4.69) is 10.3 Å². The van der Waals surface area contributed by atoms with E-state index in [0.29, 0.717) is 6.26 Å². The molecule has 2 aromatic rings. The zero-order valence-corrected chi connectivity index (χ0v) is 13.8. The molecule has 10 heteroatoms. The number of aryl methyl sites for hydroxylation is 1. The Morgan fingerprint density at radius 1 is 1.38 bits per heavy atom. The first kappa shape index (κ1) is 18.0. The molecule has 2 aromatic heterocycles. The van der Waals surface area contributed by atoms with Gasteiger partial charge in [-0.2, -0.15) is 13.2 Å². The van der Waals surface area contributed by atoms with Crippen molar-refractivity contribution in [2.24, 2.45) is 0 Å². The van der Waals surface area contributed by atoms with E-state index in [4.69, 9.17) is 4.42 Å². The number of aromatic amines is 1. The number of aromatic nitrogens is 2. The van der Waals surface area contributed by atoms with Gasteiger partial charge in [-0.05, 0) is 12.8 Å². The Balaban J connectivity index is 1.84. The summed E-state index contributed by atoms with van der Waals surface area (Å²) < 4.78 is 45.3. The van der Waals surface area contributed by atoms with E-state index in [1.54, 1.807) is 6.92 Å². The van der Waals surface area contributed by atoms with Crippen LogP contribution in [0.2, 0.25) is 0 Å². The molecule has 0 bridgehead atoms. The lowest BCUT2D eigenvalue weighted by Gasteiger charge is -2.10. The van der Waals surface area contributed by atoms with Crippen LogP contribution in [0.4, 0.5) is 13.2 Å². The van der Waals surface area contributed by atoms with Gasteiger partial charge in [-0.3, -0.25) is 19.1 Å². The van der Waals surface area contributed by atoms with Crippen LogP contribution in [0.5, 0.6) is 0 Å². The van der Waals surface area contributed by atoms with Crippen molar-refractivity contribution in [3.63, 3.8) is 0 Å². The molecular formula is C16H16F3N3O4. The van der Waals surface area contributed by atoms with Gasteiger partial charge in [0.2, 0.25) is 0 Å². The van der Waals surface area contributed by atoms with Crippen LogP contribution in [0.3, 0.4) is 0 Å². The van der Waals surface area contributed by atoms with Gasteiger partial charge in [-0.25, -0.2) is 4.79 Å². The summed E-state index contributed by atoms with van der Waals surface area (Å²) in [5.74, 6) is -1.09. The van der Waals surface area contributed by atoms with Crippen molar-refractivity contribution in [2.45, 2.75) is 44.9 Å². The summed E-state index contributed by atoms with van der Waals surface area (Å²) in [4.78, 5) is 38.0. The minimum atomic E-state index is -4.74. The van der Waals surface area contributed by atoms with Gasteiger partial charge in [-0.1, -0.05) is 6.92 Å². The number of alkyl halides is 3. The van der Waals surface area contributed by atoms with Crippen molar-refractivity contribution in [2.75, 3.05) is 0 Å². The molecular weight excluding hydrogens is 355 g/mol. The quantitative estimate of drug-likeness (QED) is 0.840. The van der Waals surface area contributed by atoms with Crippen LogP contribution in [0, 0.1) is 0 Å². The minimum Gasteiger partial charge on any atom is -0.468 e. The van der Waals surface area contributed by atoms with Crippen LogP contribution in [-0.2, 0) is 19.1 Å². The van der Waals surface area contributed by atoms with Crippen molar-refractivity contribution >= 4 is 5.91 Å². The standard InChI is InChI=1S/C16H16F3N3O4/c1-2-11-12(10(7-26-11)16(17,18)19)14(24)20-5-8-6-22(9-3-4-9)15(25)21-13(8)23/h6-7,9H,2-5H2,1H3,(H,20,24)(H,21,23,25). The van der Waals surface area contributed by atoms with E-state index in [-0.39, 0.29) is 30.3 Å². The van der Waals surface area contributed by atoms with Crippen LogP contribution in [0.25, 0.3) is 0 Å². The van der Waals surface area contributed by atoms with Gasteiger partial charge in [0.05, 0.1) is 17.7 Å². The molecule has 1 aliphatic rings. The van der Waals surface area contributed by atoms with E-state index in [1.807, 2.05) is 0 Å². The summed E-state index contributed by atoms with van der Waals surface area (Å²) in [6, 6.07) is 0.00574. The van der Waals surface area contributed by atoms with Crippen LogP contribution >= 0.6 is 0 Å². The molecule has 0 radical (unpaired) electrons. The fourth-order valence-electron chi connectivity index (χ4n) is 2.66. The Kier molecular flexibility index (Phi) is 4.51. The normalized spacial score (nSPS) is 14.5. The van der Waals surface area contributed by atoms with E-state index in [1.165, 1.54) is 10.8 Å². The second-order valence-electron chi connectivity index (χ2n) is 6.03. The molecule has 7 nitrogen and oxygen atoms in total. The van der Waals surface area contributed by atoms with E-state index in [9.17, 15) is 27.6 Å². The number of nitrogens with one attached hydrogen (secondary N) is 2. The zero-order chi connectivity index (χ0) is 19.1. The van der Waals surface area contributed by atoms with E-state index < -0.39 is 34.5 Å². The topological polar surface area (TPSA) is 97.1 Å². The zero-order valence-electron chi connectivity index (χ0n) is 13.8. The maximum Gasteiger partial charge on any atom is 0.420 e. The van der Waals surface area contributed by atoms with Crippen molar-refractivity contribution < 1.29 is 22.4 Å². The third kappa shape index (κ3) is 3.44. The number of furan rings is 1. The molecule has 1 aliphatic carbocycles. The molecule has 2 heterocycles. The molecule has 140 valence electrons. The Morgan fingerprint density at radius 2 is 2.08 bits per heavy atom. The molecule has 0 spiro atoms.